The number of likely N-dealkylation sites (N-methyl/N-ethyl adjacent to an activating group) is 1. The first-order valence-electron chi connectivity index (χ1n) is 9.47. The number of para-hydroxylation sites is 1. The molecule has 5 nitrogen and oxygen atoms in total. The van der Waals surface area contributed by atoms with Crippen molar-refractivity contribution in [3.8, 4) is 0 Å². The number of aliphatic imine (C=N–C) groups is 1. The van der Waals surface area contributed by atoms with E-state index in [4.69, 9.17) is 0 Å². The lowest BCUT2D eigenvalue weighted by Gasteiger charge is -2.25. The summed E-state index contributed by atoms with van der Waals surface area (Å²) in [4.78, 5) is 11.4. The maximum Gasteiger partial charge on any atom is 0.191 e. The van der Waals surface area contributed by atoms with Crippen molar-refractivity contribution in [3.05, 3.63) is 59.9 Å². The van der Waals surface area contributed by atoms with Crippen LogP contribution < -0.4 is 15.5 Å². The van der Waals surface area contributed by atoms with E-state index >= 15 is 0 Å². The number of benzene rings is 1. The second-order valence-electron chi connectivity index (χ2n) is 6.12. The summed E-state index contributed by atoms with van der Waals surface area (Å²) in [6, 6.07) is 14.5. The minimum absolute atomic E-state index is 0.724. The third-order valence-electron chi connectivity index (χ3n) is 4.22. The molecule has 1 heterocycles. The topological polar surface area (TPSA) is 52.6 Å². The van der Waals surface area contributed by atoms with Crippen molar-refractivity contribution < 1.29 is 0 Å². The zero-order chi connectivity index (χ0) is 18.6. The van der Waals surface area contributed by atoms with Crippen LogP contribution in [0.4, 0.5) is 5.69 Å². The molecule has 0 aliphatic carbocycles. The third kappa shape index (κ3) is 6.39. The number of anilines is 1. The van der Waals surface area contributed by atoms with Gasteiger partial charge in [-0.3, -0.25) is 9.98 Å². The maximum atomic E-state index is 4.66. The van der Waals surface area contributed by atoms with Crippen LogP contribution in [0.3, 0.4) is 0 Å². The molecular formula is C21H31N5. The number of hydrogen-bond acceptors (Lipinski definition) is 3. The number of aryl methyl sites for hydroxylation is 1. The number of hydrogen-bond donors (Lipinski definition) is 2. The summed E-state index contributed by atoms with van der Waals surface area (Å²) in [6.07, 6.45) is 2.68. The molecule has 5 heteroatoms. The first-order chi connectivity index (χ1) is 12.7. The van der Waals surface area contributed by atoms with E-state index in [1.54, 1.807) is 0 Å². The third-order valence-corrected chi connectivity index (χ3v) is 4.22. The van der Waals surface area contributed by atoms with Gasteiger partial charge in [-0.25, -0.2) is 0 Å². The average molecular weight is 354 g/mol. The van der Waals surface area contributed by atoms with E-state index in [0.717, 1.165) is 50.8 Å². The predicted octanol–water partition coefficient (Wildman–Crippen LogP) is 3.01. The van der Waals surface area contributed by atoms with E-state index in [1.807, 2.05) is 24.4 Å². The molecular weight excluding hydrogens is 322 g/mol. The molecule has 0 spiro atoms. The SMILES string of the molecule is CCNC(=NCCc1ccccn1)NCCN(CC)c1ccccc1C. The van der Waals surface area contributed by atoms with Gasteiger partial charge < -0.3 is 15.5 Å². The van der Waals surface area contributed by atoms with Crippen molar-refractivity contribution in [2.24, 2.45) is 4.99 Å². The molecule has 2 N–H and O–H groups in total. The molecule has 0 aliphatic rings. The molecule has 0 radical (unpaired) electrons. The Bertz CT molecular complexity index is 669. The van der Waals surface area contributed by atoms with E-state index in [9.17, 15) is 0 Å². The van der Waals surface area contributed by atoms with Gasteiger partial charge in [0, 0.05) is 56.7 Å². The van der Waals surface area contributed by atoms with E-state index in [1.165, 1.54) is 11.3 Å². The fourth-order valence-electron chi connectivity index (χ4n) is 2.85. The smallest absolute Gasteiger partial charge is 0.191 e. The van der Waals surface area contributed by atoms with Crippen LogP contribution in [0, 0.1) is 6.92 Å². The molecule has 0 aliphatic heterocycles. The van der Waals surface area contributed by atoms with Crippen LogP contribution in [0.5, 0.6) is 0 Å². The number of pyridine rings is 1. The number of nitrogens with one attached hydrogen (secondary N) is 2. The zero-order valence-electron chi connectivity index (χ0n) is 16.2. The fourth-order valence-corrected chi connectivity index (χ4v) is 2.85. The quantitative estimate of drug-likeness (QED) is 0.537. The van der Waals surface area contributed by atoms with Crippen molar-refractivity contribution in [1.82, 2.24) is 15.6 Å². The molecule has 0 unspecified atom stereocenters. The van der Waals surface area contributed by atoms with Gasteiger partial charge in [-0.05, 0) is 44.5 Å². The van der Waals surface area contributed by atoms with Crippen molar-refractivity contribution in [2.45, 2.75) is 27.2 Å². The second kappa shape index (κ2) is 11.1. The van der Waals surface area contributed by atoms with Crippen LogP contribution in [-0.4, -0.2) is 43.7 Å². The molecule has 0 amide bonds. The standard InChI is InChI=1S/C21H31N5/c1-4-22-21(24-15-13-19-11-8-9-14-23-19)25-16-17-26(5-2)20-12-7-6-10-18(20)3/h6-12,14H,4-5,13,15-17H2,1-3H3,(H2,22,24,25). The van der Waals surface area contributed by atoms with Gasteiger partial charge in [0.15, 0.2) is 5.96 Å². The second-order valence-corrected chi connectivity index (χ2v) is 6.12. The Morgan fingerprint density at radius 3 is 2.58 bits per heavy atom. The highest BCUT2D eigenvalue weighted by atomic mass is 15.2. The van der Waals surface area contributed by atoms with Crippen LogP contribution in [0.1, 0.15) is 25.1 Å². The summed E-state index contributed by atoms with van der Waals surface area (Å²) in [5, 5.41) is 6.75. The Kier molecular flexibility index (Phi) is 8.46. The summed E-state index contributed by atoms with van der Waals surface area (Å²) >= 11 is 0. The van der Waals surface area contributed by atoms with Crippen molar-refractivity contribution >= 4 is 11.6 Å². The van der Waals surface area contributed by atoms with Crippen LogP contribution in [0.15, 0.2) is 53.7 Å². The Balaban J connectivity index is 1.85. The number of guanidine groups is 1. The molecule has 1 aromatic heterocycles. The van der Waals surface area contributed by atoms with Crippen LogP contribution in [0.2, 0.25) is 0 Å². The highest BCUT2D eigenvalue weighted by Crippen LogP contribution is 2.18. The molecule has 140 valence electrons. The molecule has 26 heavy (non-hydrogen) atoms. The average Bonchev–Trinajstić information content (AvgIpc) is 2.67. The molecule has 0 fully saturated rings. The fraction of sp³-hybridized carbons (Fsp3) is 0.429. The van der Waals surface area contributed by atoms with Crippen molar-refractivity contribution in [2.75, 3.05) is 37.6 Å². The number of nitrogens with zero attached hydrogens (tertiary/aromatic N) is 3. The highest BCUT2D eigenvalue weighted by molar-refractivity contribution is 5.79. The molecule has 2 aromatic rings. The maximum absolute atomic E-state index is 4.66. The van der Waals surface area contributed by atoms with Crippen LogP contribution >= 0.6 is 0 Å². The van der Waals surface area contributed by atoms with Crippen molar-refractivity contribution in [3.63, 3.8) is 0 Å². The number of aromatic nitrogens is 1. The molecule has 1 aromatic carbocycles. The lowest BCUT2D eigenvalue weighted by molar-refractivity contribution is 0.749. The lowest BCUT2D eigenvalue weighted by atomic mass is 10.2. The lowest BCUT2D eigenvalue weighted by Crippen LogP contribution is -2.42. The van der Waals surface area contributed by atoms with Gasteiger partial charge in [-0.2, -0.15) is 0 Å². The first-order valence-corrected chi connectivity index (χ1v) is 9.47. The Morgan fingerprint density at radius 2 is 1.88 bits per heavy atom. The van der Waals surface area contributed by atoms with Gasteiger partial charge in [0.1, 0.15) is 0 Å². The molecule has 0 atom stereocenters. The van der Waals surface area contributed by atoms with Gasteiger partial charge in [0.2, 0.25) is 0 Å². The minimum atomic E-state index is 0.724. The van der Waals surface area contributed by atoms with Crippen LogP contribution in [0.25, 0.3) is 0 Å². The summed E-state index contributed by atoms with van der Waals surface area (Å²) in [5.41, 5.74) is 3.68. The normalized spacial score (nSPS) is 11.3. The molecule has 2 rings (SSSR count). The minimum Gasteiger partial charge on any atom is -0.370 e. The van der Waals surface area contributed by atoms with Crippen molar-refractivity contribution in [1.29, 1.82) is 0 Å². The monoisotopic (exact) mass is 353 g/mol. The van der Waals surface area contributed by atoms with Gasteiger partial charge in [-0.1, -0.05) is 24.3 Å². The molecule has 0 saturated heterocycles. The van der Waals surface area contributed by atoms with Gasteiger partial charge in [0.25, 0.3) is 0 Å². The Labute approximate surface area is 157 Å². The zero-order valence-corrected chi connectivity index (χ0v) is 16.2. The van der Waals surface area contributed by atoms with E-state index < -0.39 is 0 Å². The van der Waals surface area contributed by atoms with E-state index in [-0.39, 0.29) is 0 Å². The number of rotatable bonds is 9. The predicted molar refractivity (Wildman–Crippen MR) is 111 cm³/mol. The summed E-state index contributed by atoms with van der Waals surface area (Å²) < 4.78 is 0. The largest absolute Gasteiger partial charge is 0.370 e. The Hall–Kier alpha value is -2.56. The summed E-state index contributed by atoms with van der Waals surface area (Å²) in [7, 11) is 0. The highest BCUT2D eigenvalue weighted by Gasteiger charge is 2.07. The van der Waals surface area contributed by atoms with E-state index in [0.29, 0.717) is 0 Å². The van der Waals surface area contributed by atoms with E-state index in [2.05, 4.69) is 70.5 Å². The Morgan fingerprint density at radius 1 is 1.08 bits per heavy atom. The summed E-state index contributed by atoms with van der Waals surface area (Å²) in [5.74, 6) is 0.865. The van der Waals surface area contributed by atoms with Gasteiger partial charge >= 0.3 is 0 Å². The summed E-state index contributed by atoms with van der Waals surface area (Å²) in [6.45, 7) is 10.8. The first kappa shape index (κ1) is 19.8. The molecule has 0 saturated carbocycles. The van der Waals surface area contributed by atoms with Gasteiger partial charge in [0.05, 0.1) is 0 Å². The molecule has 0 bridgehead atoms. The van der Waals surface area contributed by atoms with Crippen LogP contribution in [-0.2, 0) is 6.42 Å². The van der Waals surface area contributed by atoms with Gasteiger partial charge in [-0.15, -0.1) is 0 Å².